The van der Waals surface area contributed by atoms with Crippen LogP contribution in [0.5, 0.6) is 5.88 Å². The Labute approximate surface area is 214 Å². The van der Waals surface area contributed by atoms with Crippen molar-refractivity contribution in [2.24, 2.45) is 0 Å². The highest BCUT2D eigenvalue weighted by molar-refractivity contribution is 9.10. The number of pyridine rings is 1. The van der Waals surface area contributed by atoms with Crippen molar-refractivity contribution < 1.29 is 13.9 Å². The summed E-state index contributed by atoms with van der Waals surface area (Å²) in [4.78, 5) is 26.1. The molecule has 2 atom stereocenters. The molecule has 6 nitrogen and oxygen atoms in total. The van der Waals surface area contributed by atoms with E-state index in [9.17, 15) is 9.18 Å². The summed E-state index contributed by atoms with van der Waals surface area (Å²) in [5, 5.41) is 3.11. The molecule has 0 radical (unpaired) electrons. The van der Waals surface area contributed by atoms with Crippen LogP contribution in [0.25, 0.3) is 0 Å². The smallest absolute Gasteiger partial charge is 0.263 e. The molecule has 0 saturated carbocycles. The number of halogens is 2. The second kappa shape index (κ2) is 10.8. The normalized spacial score (nSPS) is 13.7. The fourth-order valence-electron chi connectivity index (χ4n) is 3.68. The van der Waals surface area contributed by atoms with E-state index in [4.69, 9.17) is 4.74 Å². The number of nitrogens with zero attached hydrogens (tertiary/aromatic N) is 3. The van der Waals surface area contributed by atoms with Crippen LogP contribution < -0.4 is 10.1 Å². The van der Waals surface area contributed by atoms with E-state index in [2.05, 4.69) is 57.0 Å². The lowest BCUT2D eigenvalue weighted by Crippen LogP contribution is -2.51. The van der Waals surface area contributed by atoms with Gasteiger partial charge in [-0.3, -0.25) is 9.78 Å². The van der Waals surface area contributed by atoms with Gasteiger partial charge in [-0.2, -0.15) is 0 Å². The molecule has 186 valence electrons. The van der Waals surface area contributed by atoms with Crippen LogP contribution in [-0.2, 0) is 16.6 Å². The van der Waals surface area contributed by atoms with Crippen LogP contribution >= 0.6 is 15.9 Å². The minimum Gasteiger partial charge on any atom is -0.461 e. The second-order valence-electron chi connectivity index (χ2n) is 10.2. The quantitative estimate of drug-likeness (QED) is 0.391. The van der Waals surface area contributed by atoms with E-state index < -0.39 is 5.60 Å². The van der Waals surface area contributed by atoms with Crippen LogP contribution in [0.15, 0.2) is 59.6 Å². The minimum atomic E-state index is -1.17. The van der Waals surface area contributed by atoms with Crippen molar-refractivity contribution in [1.82, 2.24) is 20.3 Å². The number of ether oxygens (including phenoxy) is 1. The van der Waals surface area contributed by atoms with Crippen LogP contribution in [0.1, 0.15) is 64.3 Å². The van der Waals surface area contributed by atoms with Crippen molar-refractivity contribution in [1.29, 1.82) is 0 Å². The van der Waals surface area contributed by atoms with Gasteiger partial charge in [0.05, 0.1) is 5.69 Å². The third-order valence-corrected chi connectivity index (χ3v) is 6.24. The summed E-state index contributed by atoms with van der Waals surface area (Å²) in [6, 6.07) is 9.90. The fourth-order valence-corrected chi connectivity index (χ4v) is 4.07. The number of amides is 1. The first kappa shape index (κ1) is 26.7. The van der Waals surface area contributed by atoms with Gasteiger partial charge in [0.2, 0.25) is 5.88 Å². The number of aromatic nitrogens is 3. The molecule has 0 bridgehead atoms. The van der Waals surface area contributed by atoms with Gasteiger partial charge in [-0.1, -0.05) is 32.9 Å². The third kappa shape index (κ3) is 7.31. The van der Waals surface area contributed by atoms with E-state index >= 15 is 0 Å². The maximum atomic E-state index is 13.4. The molecule has 2 unspecified atom stereocenters. The van der Waals surface area contributed by atoms with Gasteiger partial charge < -0.3 is 10.1 Å². The molecule has 8 heteroatoms. The number of nitrogens with one attached hydrogen (secondary N) is 1. The lowest BCUT2D eigenvalue weighted by atomic mass is 9.87. The number of carbonyl (C=O) groups excluding carboxylic acids is 1. The Morgan fingerprint density at radius 1 is 1.09 bits per heavy atom. The summed E-state index contributed by atoms with van der Waals surface area (Å²) in [5.74, 6) is -0.310. The molecular weight excluding hydrogens is 511 g/mol. The van der Waals surface area contributed by atoms with Crippen LogP contribution in [0, 0.1) is 5.82 Å². The molecule has 0 spiro atoms. The van der Waals surface area contributed by atoms with Crippen LogP contribution in [0.2, 0.25) is 0 Å². The van der Waals surface area contributed by atoms with Gasteiger partial charge in [-0.25, -0.2) is 14.4 Å². The van der Waals surface area contributed by atoms with Gasteiger partial charge in [0.25, 0.3) is 5.91 Å². The predicted molar refractivity (Wildman–Crippen MR) is 138 cm³/mol. The predicted octanol–water partition coefficient (Wildman–Crippen LogP) is 5.76. The number of rotatable bonds is 8. The van der Waals surface area contributed by atoms with Crippen molar-refractivity contribution >= 4 is 21.8 Å². The summed E-state index contributed by atoms with van der Waals surface area (Å²) >= 11 is 3.48. The van der Waals surface area contributed by atoms with Gasteiger partial charge in [-0.15, -0.1) is 0 Å². The van der Waals surface area contributed by atoms with Crippen molar-refractivity contribution in [3.05, 3.63) is 82.2 Å². The van der Waals surface area contributed by atoms with Gasteiger partial charge in [0.15, 0.2) is 5.60 Å². The van der Waals surface area contributed by atoms with E-state index in [1.807, 2.05) is 13.0 Å². The van der Waals surface area contributed by atoms with Gasteiger partial charge >= 0.3 is 0 Å². The summed E-state index contributed by atoms with van der Waals surface area (Å²) in [5.41, 5.74) is 1.40. The van der Waals surface area contributed by atoms with Crippen molar-refractivity contribution in [3.8, 4) is 5.88 Å². The molecule has 1 amide bonds. The van der Waals surface area contributed by atoms with E-state index in [1.165, 1.54) is 18.5 Å². The first-order valence-corrected chi connectivity index (χ1v) is 12.3. The molecular formula is C27H32BrFN4O2. The van der Waals surface area contributed by atoms with Crippen molar-refractivity contribution in [2.45, 2.75) is 70.9 Å². The number of benzene rings is 1. The molecule has 1 N–H and O–H groups in total. The lowest BCUT2D eigenvalue weighted by molar-refractivity contribution is -0.135. The Morgan fingerprint density at radius 3 is 2.40 bits per heavy atom. The zero-order valence-electron chi connectivity index (χ0n) is 21.0. The molecule has 1 aromatic carbocycles. The Morgan fingerprint density at radius 2 is 1.77 bits per heavy atom. The number of hydrogen-bond donors (Lipinski definition) is 1. The van der Waals surface area contributed by atoms with Crippen LogP contribution in [-0.4, -0.2) is 32.5 Å². The molecule has 0 aliphatic rings. The van der Waals surface area contributed by atoms with Gasteiger partial charge in [0.1, 0.15) is 12.1 Å². The van der Waals surface area contributed by atoms with E-state index in [0.29, 0.717) is 12.3 Å². The third-order valence-electron chi connectivity index (χ3n) is 5.80. The Hall–Kier alpha value is -2.87. The van der Waals surface area contributed by atoms with Crippen LogP contribution in [0.4, 0.5) is 4.39 Å². The zero-order valence-corrected chi connectivity index (χ0v) is 22.6. The monoisotopic (exact) mass is 542 g/mol. The maximum Gasteiger partial charge on any atom is 0.263 e. The van der Waals surface area contributed by atoms with Gasteiger partial charge in [0, 0.05) is 40.3 Å². The maximum absolute atomic E-state index is 13.4. The summed E-state index contributed by atoms with van der Waals surface area (Å²) in [6.45, 7) is 11.5. The van der Waals surface area contributed by atoms with E-state index in [0.717, 1.165) is 21.3 Å². The molecule has 3 aromatic rings. The summed E-state index contributed by atoms with van der Waals surface area (Å²) in [6.07, 6.45) is 5.55. The molecule has 0 fully saturated rings. The lowest BCUT2D eigenvalue weighted by Gasteiger charge is -2.30. The molecule has 2 aromatic heterocycles. The highest BCUT2D eigenvalue weighted by atomic mass is 79.9. The fraction of sp³-hybridized carbons (Fsp3) is 0.407. The Kier molecular flexibility index (Phi) is 8.26. The highest BCUT2D eigenvalue weighted by Gasteiger charge is 2.34. The van der Waals surface area contributed by atoms with Crippen molar-refractivity contribution in [2.75, 3.05) is 0 Å². The average molecular weight is 543 g/mol. The molecule has 35 heavy (non-hydrogen) atoms. The number of carbonyl (C=O) groups is 1. The largest absolute Gasteiger partial charge is 0.461 e. The number of hydrogen-bond acceptors (Lipinski definition) is 5. The zero-order chi connectivity index (χ0) is 25.8. The summed E-state index contributed by atoms with van der Waals surface area (Å²) < 4.78 is 20.3. The first-order chi connectivity index (χ1) is 16.3. The summed E-state index contributed by atoms with van der Waals surface area (Å²) in [7, 11) is 0. The molecule has 0 aliphatic heterocycles. The van der Waals surface area contributed by atoms with Crippen LogP contribution in [0.3, 0.4) is 0 Å². The molecule has 0 aliphatic carbocycles. The SMILES string of the molecule is CC(NC(=O)C(C)(C)Oc1cc(C(C)(C)C)ncn1)C(Cc1ccc(F)cc1)c1cncc(Br)c1. The van der Waals surface area contributed by atoms with E-state index in [1.54, 1.807) is 44.4 Å². The highest BCUT2D eigenvalue weighted by Crippen LogP contribution is 2.28. The second-order valence-corrected chi connectivity index (χ2v) is 11.2. The molecule has 2 heterocycles. The molecule has 0 saturated heterocycles. The molecule has 3 rings (SSSR count). The van der Waals surface area contributed by atoms with Crippen molar-refractivity contribution in [3.63, 3.8) is 0 Å². The topological polar surface area (TPSA) is 77.0 Å². The Balaban J connectivity index is 1.79. The Bertz CT molecular complexity index is 1160. The average Bonchev–Trinajstić information content (AvgIpc) is 2.78. The van der Waals surface area contributed by atoms with Gasteiger partial charge in [-0.05, 0) is 72.4 Å². The standard InChI is InChI=1S/C27H32BrFN4O2/c1-17(22(19-12-20(28)15-30-14-19)11-18-7-9-21(29)10-8-18)33-25(34)27(5,6)35-24-13-23(26(2,3)4)31-16-32-24/h7-10,12-17,22H,11H2,1-6H3,(H,33,34). The minimum absolute atomic E-state index is 0.100. The first-order valence-electron chi connectivity index (χ1n) is 11.5. The van der Waals surface area contributed by atoms with E-state index in [-0.39, 0.29) is 29.1 Å².